The van der Waals surface area contributed by atoms with E-state index < -0.39 is 4.92 Å². The van der Waals surface area contributed by atoms with Gasteiger partial charge in [0.25, 0.3) is 0 Å². The molecule has 0 aliphatic rings. The van der Waals surface area contributed by atoms with E-state index in [2.05, 4.69) is 41.8 Å². The van der Waals surface area contributed by atoms with Crippen molar-refractivity contribution in [2.45, 2.75) is 0 Å². The van der Waals surface area contributed by atoms with Crippen LogP contribution in [0.4, 0.5) is 11.6 Å². The van der Waals surface area contributed by atoms with Crippen molar-refractivity contribution in [2.75, 3.05) is 5.73 Å². The van der Waals surface area contributed by atoms with Gasteiger partial charge in [0.05, 0.1) is 9.40 Å². The predicted molar refractivity (Wildman–Crippen MR) is 75.0 cm³/mol. The highest BCUT2D eigenvalue weighted by Gasteiger charge is 2.19. The molecule has 0 aliphatic heterocycles. The highest BCUT2D eigenvalue weighted by molar-refractivity contribution is 9.11. The van der Waals surface area contributed by atoms with Crippen molar-refractivity contribution in [3.63, 3.8) is 0 Å². The van der Waals surface area contributed by atoms with Crippen LogP contribution in [-0.4, -0.2) is 14.9 Å². The topological polar surface area (TPSA) is 104 Å². The van der Waals surface area contributed by atoms with Gasteiger partial charge >= 0.3 is 11.6 Å². The summed E-state index contributed by atoms with van der Waals surface area (Å²) in [5, 5.41) is 10.8. The Morgan fingerprint density at radius 3 is 2.74 bits per heavy atom. The second-order valence-corrected chi connectivity index (χ2v) is 5.12. The molecule has 0 saturated heterocycles. The molecule has 0 fully saturated rings. The number of nitrogen functional groups attached to an aromatic ring is 1. The zero-order valence-corrected chi connectivity index (χ0v) is 12.4. The molecule has 0 spiro atoms. The molecule has 1 aromatic carbocycles. The minimum Gasteiger partial charge on any atom is -0.432 e. The third-order valence-electron chi connectivity index (χ3n) is 2.05. The second kappa shape index (κ2) is 5.49. The molecule has 0 radical (unpaired) electrons. The lowest BCUT2D eigenvalue weighted by molar-refractivity contribution is -0.386. The third kappa shape index (κ3) is 3.18. The standard InChI is InChI=1S/C10H6Br2N4O3/c11-5-1-2-8(6(12)3-5)19-9-7(16(17)18)4-14-10(13)15-9/h1-4H,(H2,13,14,15). The van der Waals surface area contributed by atoms with Gasteiger partial charge in [0.1, 0.15) is 11.9 Å². The Morgan fingerprint density at radius 1 is 1.37 bits per heavy atom. The Hall–Kier alpha value is -1.74. The number of ether oxygens (including phenoxy) is 1. The van der Waals surface area contributed by atoms with E-state index in [0.29, 0.717) is 10.2 Å². The Labute approximate surface area is 124 Å². The molecule has 0 saturated carbocycles. The van der Waals surface area contributed by atoms with E-state index in [0.717, 1.165) is 10.7 Å². The van der Waals surface area contributed by atoms with Gasteiger partial charge in [-0.1, -0.05) is 15.9 Å². The number of nitrogens with zero attached hydrogens (tertiary/aromatic N) is 3. The zero-order valence-electron chi connectivity index (χ0n) is 9.21. The summed E-state index contributed by atoms with van der Waals surface area (Å²) in [4.78, 5) is 17.5. The van der Waals surface area contributed by atoms with E-state index in [1.807, 2.05) is 0 Å². The lowest BCUT2D eigenvalue weighted by Crippen LogP contribution is -2.01. The van der Waals surface area contributed by atoms with Crippen LogP contribution < -0.4 is 10.5 Å². The van der Waals surface area contributed by atoms with Gasteiger partial charge in [-0.15, -0.1) is 0 Å². The molecule has 19 heavy (non-hydrogen) atoms. The van der Waals surface area contributed by atoms with Crippen molar-refractivity contribution in [3.05, 3.63) is 43.5 Å². The smallest absolute Gasteiger partial charge is 0.349 e. The van der Waals surface area contributed by atoms with Crippen LogP contribution in [0, 0.1) is 10.1 Å². The SMILES string of the molecule is Nc1ncc([N+](=O)[O-])c(Oc2ccc(Br)cc2Br)n1. The Kier molecular flexibility index (Phi) is 3.96. The van der Waals surface area contributed by atoms with Gasteiger partial charge < -0.3 is 10.5 Å². The zero-order chi connectivity index (χ0) is 14.0. The number of hydrogen-bond donors (Lipinski definition) is 1. The van der Waals surface area contributed by atoms with Crippen LogP contribution in [0.15, 0.2) is 33.3 Å². The van der Waals surface area contributed by atoms with E-state index in [9.17, 15) is 10.1 Å². The number of rotatable bonds is 3. The second-order valence-electron chi connectivity index (χ2n) is 3.35. The van der Waals surface area contributed by atoms with Crippen LogP contribution in [-0.2, 0) is 0 Å². The molecule has 0 unspecified atom stereocenters. The number of benzene rings is 1. The van der Waals surface area contributed by atoms with Crippen molar-refractivity contribution in [3.8, 4) is 11.6 Å². The largest absolute Gasteiger partial charge is 0.432 e. The molecule has 7 nitrogen and oxygen atoms in total. The molecule has 0 atom stereocenters. The van der Waals surface area contributed by atoms with Gasteiger partial charge in [0.2, 0.25) is 5.95 Å². The third-order valence-corrected chi connectivity index (χ3v) is 3.16. The van der Waals surface area contributed by atoms with Crippen LogP contribution in [0.1, 0.15) is 0 Å². The molecule has 2 N–H and O–H groups in total. The average molecular weight is 390 g/mol. The minimum absolute atomic E-state index is 0.103. The molecule has 98 valence electrons. The lowest BCUT2D eigenvalue weighted by Gasteiger charge is -2.07. The van der Waals surface area contributed by atoms with E-state index >= 15 is 0 Å². The average Bonchev–Trinajstić information content (AvgIpc) is 2.32. The fourth-order valence-corrected chi connectivity index (χ4v) is 2.36. The summed E-state index contributed by atoms with van der Waals surface area (Å²) in [6.45, 7) is 0. The highest BCUT2D eigenvalue weighted by Crippen LogP contribution is 2.34. The summed E-state index contributed by atoms with van der Waals surface area (Å²) in [5.41, 5.74) is 5.04. The van der Waals surface area contributed by atoms with Crippen molar-refractivity contribution in [2.24, 2.45) is 0 Å². The molecule has 2 rings (SSSR count). The van der Waals surface area contributed by atoms with Gasteiger partial charge in [-0.25, -0.2) is 4.98 Å². The number of anilines is 1. The van der Waals surface area contributed by atoms with Gasteiger partial charge in [-0.05, 0) is 34.1 Å². The predicted octanol–water partition coefficient (Wildman–Crippen LogP) is 3.28. The van der Waals surface area contributed by atoms with Crippen LogP contribution in [0.25, 0.3) is 0 Å². The molecular weight excluding hydrogens is 384 g/mol. The van der Waals surface area contributed by atoms with Crippen molar-refractivity contribution in [1.29, 1.82) is 0 Å². The van der Waals surface area contributed by atoms with Crippen LogP contribution in [0.3, 0.4) is 0 Å². The molecule has 0 bridgehead atoms. The summed E-state index contributed by atoms with van der Waals surface area (Å²) in [5.74, 6) is 0.0683. The van der Waals surface area contributed by atoms with Crippen molar-refractivity contribution >= 4 is 43.5 Å². The maximum atomic E-state index is 10.8. The van der Waals surface area contributed by atoms with Gasteiger partial charge in [0, 0.05) is 4.47 Å². The van der Waals surface area contributed by atoms with E-state index in [1.54, 1.807) is 18.2 Å². The molecule has 1 aromatic heterocycles. The fourth-order valence-electron chi connectivity index (χ4n) is 1.24. The van der Waals surface area contributed by atoms with Gasteiger partial charge in [0.15, 0.2) is 0 Å². The number of nitro groups is 1. The lowest BCUT2D eigenvalue weighted by atomic mass is 10.3. The van der Waals surface area contributed by atoms with Gasteiger partial charge in [-0.2, -0.15) is 4.98 Å². The Bertz CT molecular complexity index is 651. The van der Waals surface area contributed by atoms with E-state index in [-0.39, 0.29) is 17.5 Å². The normalized spacial score (nSPS) is 10.2. The Balaban J connectivity index is 2.42. The number of nitrogens with two attached hydrogens (primary N) is 1. The number of aromatic nitrogens is 2. The van der Waals surface area contributed by atoms with Crippen molar-refractivity contribution in [1.82, 2.24) is 9.97 Å². The van der Waals surface area contributed by atoms with Crippen LogP contribution in [0.2, 0.25) is 0 Å². The number of halogens is 2. The molecular formula is C10H6Br2N4O3. The first-order valence-electron chi connectivity index (χ1n) is 4.87. The maximum absolute atomic E-state index is 10.8. The maximum Gasteiger partial charge on any atom is 0.349 e. The Morgan fingerprint density at radius 2 is 2.11 bits per heavy atom. The minimum atomic E-state index is -0.637. The summed E-state index contributed by atoms with van der Waals surface area (Å²) in [7, 11) is 0. The molecule has 9 heteroatoms. The molecule has 0 amide bonds. The quantitative estimate of drug-likeness (QED) is 0.637. The van der Waals surface area contributed by atoms with Crippen molar-refractivity contribution < 1.29 is 9.66 Å². The first kappa shape index (κ1) is 13.7. The highest BCUT2D eigenvalue weighted by atomic mass is 79.9. The number of hydrogen-bond acceptors (Lipinski definition) is 6. The van der Waals surface area contributed by atoms with Gasteiger partial charge in [-0.3, -0.25) is 10.1 Å². The van der Waals surface area contributed by atoms with Crippen LogP contribution in [0.5, 0.6) is 11.6 Å². The molecule has 1 heterocycles. The molecule has 2 aromatic rings. The molecule has 0 aliphatic carbocycles. The summed E-state index contributed by atoms with van der Waals surface area (Å²) >= 11 is 6.58. The van der Waals surface area contributed by atoms with E-state index in [1.165, 1.54) is 0 Å². The van der Waals surface area contributed by atoms with Crippen LogP contribution >= 0.6 is 31.9 Å². The summed E-state index contributed by atoms with van der Waals surface area (Å²) in [6, 6.07) is 5.11. The summed E-state index contributed by atoms with van der Waals surface area (Å²) in [6.07, 6.45) is 1.00. The monoisotopic (exact) mass is 388 g/mol. The van der Waals surface area contributed by atoms with E-state index in [4.69, 9.17) is 10.5 Å². The fraction of sp³-hybridized carbons (Fsp3) is 0. The summed E-state index contributed by atoms with van der Waals surface area (Å²) < 4.78 is 6.85. The first-order valence-corrected chi connectivity index (χ1v) is 6.46. The first-order chi connectivity index (χ1) is 8.97.